The van der Waals surface area contributed by atoms with E-state index in [1.165, 1.54) is 64.7 Å². The molecular formula is C15H29BrN2O. The molecule has 0 unspecified atom stereocenters. The molecule has 19 heavy (non-hydrogen) atoms. The van der Waals surface area contributed by atoms with Crippen molar-refractivity contribution in [2.45, 2.75) is 38.5 Å². The summed E-state index contributed by atoms with van der Waals surface area (Å²) in [7, 11) is 0. The second-order valence-corrected chi connectivity index (χ2v) is 7.03. The predicted octanol–water partition coefficient (Wildman–Crippen LogP) is 2.33. The molecule has 0 saturated carbocycles. The van der Waals surface area contributed by atoms with E-state index in [0.29, 0.717) is 6.61 Å². The second-order valence-electron chi connectivity index (χ2n) is 6.47. The van der Waals surface area contributed by atoms with Gasteiger partial charge in [-0.25, -0.2) is 0 Å². The maximum absolute atomic E-state index is 9.95. The van der Waals surface area contributed by atoms with Gasteiger partial charge in [-0.15, -0.1) is 0 Å². The van der Waals surface area contributed by atoms with E-state index in [2.05, 4.69) is 25.7 Å². The third-order valence-corrected chi connectivity index (χ3v) is 5.82. The number of piperidine rings is 2. The maximum Gasteiger partial charge on any atom is 0.0520 e. The first-order valence-corrected chi connectivity index (χ1v) is 9.02. The van der Waals surface area contributed by atoms with Crippen LogP contribution in [0.4, 0.5) is 0 Å². The van der Waals surface area contributed by atoms with E-state index >= 15 is 0 Å². The summed E-state index contributed by atoms with van der Waals surface area (Å²) in [6, 6.07) is 0. The van der Waals surface area contributed by atoms with E-state index in [1.807, 2.05) is 0 Å². The number of nitrogens with zero attached hydrogens (tertiary/aromatic N) is 2. The Morgan fingerprint density at radius 3 is 1.53 bits per heavy atom. The van der Waals surface area contributed by atoms with Crippen molar-refractivity contribution in [2.75, 3.05) is 51.2 Å². The molecule has 2 rings (SSSR count). The molecule has 1 N–H and O–H groups in total. The lowest BCUT2D eigenvalue weighted by Crippen LogP contribution is -2.51. The van der Waals surface area contributed by atoms with Crippen molar-refractivity contribution in [3.05, 3.63) is 0 Å². The molecule has 0 aliphatic carbocycles. The van der Waals surface area contributed by atoms with Crippen molar-refractivity contribution < 1.29 is 5.11 Å². The first-order valence-electron chi connectivity index (χ1n) is 7.90. The highest BCUT2D eigenvalue weighted by molar-refractivity contribution is 9.09. The predicted molar refractivity (Wildman–Crippen MR) is 83.9 cm³/mol. The monoisotopic (exact) mass is 332 g/mol. The van der Waals surface area contributed by atoms with E-state index in [1.54, 1.807) is 0 Å². The Morgan fingerprint density at radius 1 is 0.789 bits per heavy atom. The number of halogens is 1. The van der Waals surface area contributed by atoms with Gasteiger partial charge in [0.1, 0.15) is 0 Å². The molecule has 2 aliphatic rings. The molecule has 4 heteroatoms. The van der Waals surface area contributed by atoms with Gasteiger partial charge in [0.2, 0.25) is 0 Å². The molecule has 0 aromatic rings. The fraction of sp³-hybridized carbons (Fsp3) is 1.00. The molecule has 0 aromatic carbocycles. The Kier molecular flexibility index (Phi) is 6.60. The van der Waals surface area contributed by atoms with E-state index in [9.17, 15) is 5.11 Å². The van der Waals surface area contributed by atoms with Crippen LogP contribution in [0, 0.1) is 5.41 Å². The van der Waals surface area contributed by atoms with Crippen molar-refractivity contribution >= 4 is 15.9 Å². The lowest BCUT2D eigenvalue weighted by molar-refractivity contribution is 0.0432. The number of rotatable bonds is 6. The van der Waals surface area contributed by atoms with Crippen LogP contribution in [-0.2, 0) is 0 Å². The summed E-state index contributed by atoms with van der Waals surface area (Å²) in [6.45, 7) is 7.26. The molecule has 2 fully saturated rings. The van der Waals surface area contributed by atoms with Gasteiger partial charge < -0.3 is 14.9 Å². The fourth-order valence-corrected chi connectivity index (χ4v) is 3.99. The van der Waals surface area contributed by atoms with Crippen LogP contribution in [0.3, 0.4) is 0 Å². The highest BCUT2D eigenvalue weighted by Crippen LogP contribution is 2.26. The summed E-state index contributed by atoms with van der Waals surface area (Å²) in [5, 5.41) is 10.9. The Hall–Kier alpha value is 0.360. The van der Waals surface area contributed by atoms with Gasteiger partial charge in [-0.3, -0.25) is 0 Å². The Labute approximate surface area is 126 Å². The van der Waals surface area contributed by atoms with Crippen LogP contribution in [-0.4, -0.2) is 66.1 Å². The third-order valence-electron chi connectivity index (χ3n) is 4.63. The summed E-state index contributed by atoms with van der Waals surface area (Å²) in [5.41, 5.74) is 0.0225. The van der Waals surface area contributed by atoms with Crippen molar-refractivity contribution in [1.82, 2.24) is 9.80 Å². The summed E-state index contributed by atoms with van der Waals surface area (Å²) >= 11 is 3.67. The van der Waals surface area contributed by atoms with E-state index in [0.717, 1.165) is 18.4 Å². The van der Waals surface area contributed by atoms with Gasteiger partial charge in [-0.05, 0) is 51.9 Å². The minimum Gasteiger partial charge on any atom is -0.396 e. The highest BCUT2D eigenvalue weighted by atomic mass is 79.9. The molecule has 3 nitrogen and oxygen atoms in total. The Balaban J connectivity index is 1.90. The van der Waals surface area contributed by atoms with Gasteiger partial charge in [0.15, 0.2) is 0 Å². The van der Waals surface area contributed by atoms with Gasteiger partial charge in [0, 0.05) is 23.8 Å². The van der Waals surface area contributed by atoms with Crippen LogP contribution in [0.5, 0.6) is 0 Å². The molecule has 2 aliphatic heterocycles. The van der Waals surface area contributed by atoms with E-state index in [4.69, 9.17) is 0 Å². The SMILES string of the molecule is OCC(CBr)(CN1CCCCC1)CN1CCCCC1. The molecule has 0 bridgehead atoms. The van der Waals surface area contributed by atoms with Gasteiger partial charge in [0.05, 0.1) is 6.61 Å². The molecular weight excluding hydrogens is 304 g/mol. The molecule has 2 saturated heterocycles. The van der Waals surface area contributed by atoms with Gasteiger partial charge in [-0.1, -0.05) is 28.8 Å². The van der Waals surface area contributed by atoms with Crippen molar-refractivity contribution in [1.29, 1.82) is 0 Å². The number of hydrogen-bond donors (Lipinski definition) is 1. The maximum atomic E-state index is 9.95. The third kappa shape index (κ3) is 4.69. The van der Waals surface area contributed by atoms with Gasteiger partial charge >= 0.3 is 0 Å². The van der Waals surface area contributed by atoms with Crippen LogP contribution in [0.1, 0.15) is 38.5 Å². The zero-order valence-corrected chi connectivity index (χ0v) is 13.7. The summed E-state index contributed by atoms with van der Waals surface area (Å²) < 4.78 is 0. The molecule has 112 valence electrons. The first-order chi connectivity index (χ1) is 9.28. The zero-order chi connectivity index (χ0) is 13.6. The molecule has 0 amide bonds. The molecule has 0 atom stereocenters. The number of hydrogen-bond acceptors (Lipinski definition) is 3. The zero-order valence-electron chi connectivity index (χ0n) is 12.1. The number of alkyl halides is 1. The molecule has 2 heterocycles. The highest BCUT2D eigenvalue weighted by Gasteiger charge is 2.33. The summed E-state index contributed by atoms with van der Waals surface area (Å²) in [4.78, 5) is 5.12. The van der Waals surface area contributed by atoms with E-state index in [-0.39, 0.29) is 5.41 Å². The minimum atomic E-state index is 0.0225. The fourth-order valence-electron chi connectivity index (χ4n) is 3.46. The van der Waals surface area contributed by atoms with Gasteiger partial charge in [-0.2, -0.15) is 0 Å². The Morgan fingerprint density at radius 2 is 1.21 bits per heavy atom. The average molecular weight is 333 g/mol. The standard InChI is InChI=1S/C15H29BrN2O/c16-11-15(14-19,12-17-7-3-1-4-8-17)13-18-9-5-2-6-10-18/h19H,1-14H2. The summed E-state index contributed by atoms with van der Waals surface area (Å²) in [5.74, 6) is 0. The van der Waals surface area contributed by atoms with Crippen molar-refractivity contribution in [3.8, 4) is 0 Å². The first kappa shape index (κ1) is 15.7. The number of aliphatic hydroxyl groups excluding tert-OH is 1. The lowest BCUT2D eigenvalue weighted by atomic mass is 9.88. The largest absolute Gasteiger partial charge is 0.396 e. The normalized spacial score (nSPS) is 23.7. The molecule has 0 spiro atoms. The van der Waals surface area contributed by atoms with Gasteiger partial charge in [0.25, 0.3) is 0 Å². The van der Waals surface area contributed by atoms with Crippen LogP contribution in [0.25, 0.3) is 0 Å². The number of likely N-dealkylation sites (tertiary alicyclic amines) is 2. The van der Waals surface area contributed by atoms with E-state index < -0.39 is 0 Å². The quantitative estimate of drug-likeness (QED) is 0.756. The van der Waals surface area contributed by atoms with Crippen LogP contribution >= 0.6 is 15.9 Å². The lowest BCUT2D eigenvalue weighted by Gasteiger charge is -2.41. The van der Waals surface area contributed by atoms with Crippen LogP contribution in [0.15, 0.2) is 0 Å². The smallest absolute Gasteiger partial charge is 0.0520 e. The van der Waals surface area contributed by atoms with Crippen molar-refractivity contribution in [2.24, 2.45) is 5.41 Å². The Bertz CT molecular complexity index is 225. The van der Waals surface area contributed by atoms with Crippen LogP contribution < -0.4 is 0 Å². The van der Waals surface area contributed by atoms with Crippen LogP contribution in [0.2, 0.25) is 0 Å². The number of aliphatic hydroxyl groups is 1. The minimum absolute atomic E-state index is 0.0225. The molecule has 0 radical (unpaired) electrons. The van der Waals surface area contributed by atoms with Crippen molar-refractivity contribution in [3.63, 3.8) is 0 Å². The second kappa shape index (κ2) is 7.96. The summed E-state index contributed by atoms with van der Waals surface area (Å²) in [6.07, 6.45) is 8.06. The molecule has 0 aromatic heterocycles. The topological polar surface area (TPSA) is 26.7 Å². The average Bonchev–Trinajstić information content (AvgIpc) is 2.48.